The highest BCUT2D eigenvalue weighted by atomic mass is 32.1. The summed E-state index contributed by atoms with van der Waals surface area (Å²) < 4.78 is 13.1. The van der Waals surface area contributed by atoms with E-state index in [0.29, 0.717) is 0 Å². The van der Waals surface area contributed by atoms with Crippen molar-refractivity contribution in [3.8, 4) is 77.3 Å². The molecular formula is C40H22O2S2. The van der Waals surface area contributed by atoms with Gasteiger partial charge in [-0.25, -0.2) is 0 Å². The van der Waals surface area contributed by atoms with Crippen LogP contribution in [0.15, 0.2) is 132 Å². The van der Waals surface area contributed by atoms with Crippen LogP contribution < -0.4 is 9.47 Å². The Morgan fingerprint density at radius 1 is 0.364 bits per heavy atom. The van der Waals surface area contributed by atoms with Gasteiger partial charge in [-0.3, -0.25) is 0 Å². The minimum Gasteiger partial charge on any atom is -0.456 e. The fraction of sp³-hybridized carbons (Fsp3) is 0. The maximum Gasteiger partial charge on any atom is 0.136 e. The van der Waals surface area contributed by atoms with E-state index in [4.69, 9.17) is 9.47 Å². The van der Waals surface area contributed by atoms with Crippen LogP contribution in [-0.4, -0.2) is 0 Å². The number of thiophene rings is 2. The average molecular weight is 599 g/mol. The summed E-state index contributed by atoms with van der Waals surface area (Å²) in [6.07, 6.45) is 0. The molecule has 0 amide bonds. The SMILES string of the molecule is c1csc(-c2cc3c4c(cccc4c2)-c2cc(-c4ccc5c(c4)-c4cccc6cc(-c7cccs7)cc(c46)O5)ccc2O3)c1. The molecule has 0 atom stereocenters. The second-order valence-electron chi connectivity index (χ2n) is 11.3. The van der Waals surface area contributed by atoms with Crippen molar-refractivity contribution in [3.05, 3.63) is 132 Å². The molecule has 0 spiro atoms. The predicted molar refractivity (Wildman–Crippen MR) is 185 cm³/mol. The van der Waals surface area contributed by atoms with Crippen LogP contribution in [0.2, 0.25) is 0 Å². The smallest absolute Gasteiger partial charge is 0.136 e. The third-order valence-electron chi connectivity index (χ3n) is 8.81. The van der Waals surface area contributed by atoms with E-state index in [1.165, 1.54) is 53.6 Å². The molecule has 0 fully saturated rings. The summed E-state index contributed by atoms with van der Waals surface area (Å²) in [6, 6.07) is 43.6. The first kappa shape index (κ1) is 24.3. The van der Waals surface area contributed by atoms with Gasteiger partial charge in [-0.1, -0.05) is 60.7 Å². The van der Waals surface area contributed by atoms with Crippen molar-refractivity contribution in [1.29, 1.82) is 0 Å². The van der Waals surface area contributed by atoms with Crippen molar-refractivity contribution in [2.75, 3.05) is 0 Å². The molecule has 2 aliphatic rings. The van der Waals surface area contributed by atoms with Gasteiger partial charge in [-0.2, -0.15) is 0 Å². The molecule has 0 saturated heterocycles. The van der Waals surface area contributed by atoms with Crippen molar-refractivity contribution >= 4 is 44.2 Å². The Bertz CT molecular complexity index is 2260. The lowest BCUT2D eigenvalue weighted by molar-refractivity contribution is 0.487. The maximum atomic E-state index is 6.57. The van der Waals surface area contributed by atoms with Gasteiger partial charge in [-0.15, -0.1) is 22.7 Å². The fourth-order valence-electron chi connectivity index (χ4n) is 6.81. The minimum absolute atomic E-state index is 0.888. The van der Waals surface area contributed by atoms with Gasteiger partial charge >= 0.3 is 0 Å². The zero-order chi connectivity index (χ0) is 28.8. The highest BCUT2D eigenvalue weighted by Crippen LogP contribution is 2.51. The molecule has 2 aliphatic heterocycles. The van der Waals surface area contributed by atoms with Crippen LogP contribution in [-0.2, 0) is 0 Å². The number of hydrogen-bond donors (Lipinski definition) is 0. The molecule has 2 aromatic heterocycles. The zero-order valence-corrected chi connectivity index (χ0v) is 25.0. The van der Waals surface area contributed by atoms with Crippen LogP contribution in [0.4, 0.5) is 0 Å². The Kier molecular flexibility index (Phi) is 5.06. The molecule has 0 N–H and O–H groups in total. The summed E-state index contributed by atoms with van der Waals surface area (Å²) in [6.45, 7) is 0. The van der Waals surface area contributed by atoms with E-state index in [9.17, 15) is 0 Å². The first-order valence-corrected chi connectivity index (χ1v) is 16.4. The van der Waals surface area contributed by atoms with E-state index in [1.54, 1.807) is 22.7 Å². The van der Waals surface area contributed by atoms with Crippen molar-refractivity contribution in [1.82, 2.24) is 0 Å². The molecule has 0 saturated carbocycles. The monoisotopic (exact) mass is 598 g/mol. The number of hydrogen-bond acceptors (Lipinski definition) is 4. The van der Waals surface area contributed by atoms with Crippen LogP contribution in [0.1, 0.15) is 0 Å². The van der Waals surface area contributed by atoms with E-state index in [1.807, 2.05) is 0 Å². The predicted octanol–water partition coefficient (Wildman–Crippen LogP) is 12.7. The Labute approximate surface area is 262 Å². The second-order valence-corrected chi connectivity index (χ2v) is 13.2. The van der Waals surface area contributed by atoms with Gasteiger partial charge in [0.15, 0.2) is 0 Å². The van der Waals surface area contributed by atoms with Gasteiger partial charge < -0.3 is 9.47 Å². The molecule has 6 aromatic carbocycles. The fourth-order valence-corrected chi connectivity index (χ4v) is 8.24. The molecule has 0 aliphatic carbocycles. The molecule has 8 aromatic rings. The molecule has 0 bridgehead atoms. The van der Waals surface area contributed by atoms with Gasteiger partial charge in [0.25, 0.3) is 0 Å². The van der Waals surface area contributed by atoms with Gasteiger partial charge in [0.1, 0.15) is 23.0 Å². The number of ether oxygens (including phenoxy) is 2. The van der Waals surface area contributed by atoms with E-state index in [2.05, 4.69) is 132 Å². The van der Waals surface area contributed by atoms with Gasteiger partial charge in [0.2, 0.25) is 0 Å². The third kappa shape index (κ3) is 3.59. The lowest BCUT2D eigenvalue weighted by atomic mass is 9.89. The molecule has 0 radical (unpaired) electrons. The summed E-state index contributed by atoms with van der Waals surface area (Å²) in [7, 11) is 0. The molecule has 2 nitrogen and oxygen atoms in total. The van der Waals surface area contributed by atoms with Crippen LogP contribution in [0.5, 0.6) is 23.0 Å². The van der Waals surface area contributed by atoms with Crippen molar-refractivity contribution in [2.45, 2.75) is 0 Å². The second kappa shape index (κ2) is 9.17. The Morgan fingerprint density at radius 3 is 1.32 bits per heavy atom. The van der Waals surface area contributed by atoms with E-state index < -0.39 is 0 Å². The molecule has 0 unspecified atom stereocenters. The number of fused-ring (bicyclic) bond motifs is 4. The van der Waals surface area contributed by atoms with Crippen molar-refractivity contribution in [3.63, 3.8) is 0 Å². The Morgan fingerprint density at radius 2 is 0.864 bits per heavy atom. The highest BCUT2D eigenvalue weighted by Gasteiger charge is 2.24. The van der Waals surface area contributed by atoms with E-state index in [-0.39, 0.29) is 0 Å². The minimum atomic E-state index is 0.888. The van der Waals surface area contributed by atoms with Crippen molar-refractivity contribution in [2.24, 2.45) is 0 Å². The molecule has 44 heavy (non-hydrogen) atoms. The Hall–Kier alpha value is -5.16. The van der Waals surface area contributed by atoms with E-state index >= 15 is 0 Å². The van der Waals surface area contributed by atoms with Gasteiger partial charge in [0, 0.05) is 31.7 Å². The molecule has 4 heterocycles. The molecule has 10 rings (SSSR count). The standard InChI is InChI=1S/C40H22O2S2/c1-5-25-17-27(37-9-3-15-43-37)21-35-39(25)29(7-1)31-19-23(11-13-33(31)41-35)24-12-14-34-32(20-24)30-8-2-6-26-18-28(38-10-4-16-44-38)22-36(42-34)40(26)30/h1-22H. The highest BCUT2D eigenvalue weighted by molar-refractivity contribution is 7.13. The summed E-state index contributed by atoms with van der Waals surface area (Å²) in [5.41, 5.74) is 9.33. The molecule has 206 valence electrons. The maximum absolute atomic E-state index is 6.57. The lowest BCUT2D eigenvalue weighted by Crippen LogP contribution is -1.99. The summed E-state index contributed by atoms with van der Waals surface area (Å²) >= 11 is 3.50. The average Bonchev–Trinajstić information content (AvgIpc) is 3.81. The zero-order valence-electron chi connectivity index (χ0n) is 23.3. The topological polar surface area (TPSA) is 18.5 Å². The summed E-state index contributed by atoms with van der Waals surface area (Å²) in [5, 5.41) is 8.96. The van der Waals surface area contributed by atoms with Gasteiger partial charge in [0.05, 0.1) is 0 Å². The van der Waals surface area contributed by atoms with Crippen LogP contribution in [0.25, 0.3) is 75.8 Å². The van der Waals surface area contributed by atoms with Gasteiger partial charge in [-0.05, 0) is 116 Å². The first-order valence-electron chi connectivity index (χ1n) is 14.6. The molecule has 4 heteroatoms. The third-order valence-corrected chi connectivity index (χ3v) is 10.6. The number of rotatable bonds is 3. The Balaban J connectivity index is 1.09. The van der Waals surface area contributed by atoms with Crippen molar-refractivity contribution < 1.29 is 9.47 Å². The largest absolute Gasteiger partial charge is 0.456 e. The lowest BCUT2D eigenvalue weighted by Gasteiger charge is -2.24. The van der Waals surface area contributed by atoms with E-state index in [0.717, 1.165) is 45.3 Å². The normalized spacial score (nSPS) is 12.5. The number of benzene rings is 6. The summed E-state index contributed by atoms with van der Waals surface area (Å²) in [5.74, 6) is 3.61. The van der Waals surface area contributed by atoms with Crippen LogP contribution >= 0.6 is 22.7 Å². The first-order chi connectivity index (χ1) is 21.8. The molecular weight excluding hydrogens is 577 g/mol. The quantitative estimate of drug-likeness (QED) is 0.201. The van der Waals surface area contributed by atoms with Crippen LogP contribution in [0, 0.1) is 0 Å². The van der Waals surface area contributed by atoms with Crippen LogP contribution in [0.3, 0.4) is 0 Å². The summed E-state index contributed by atoms with van der Waals surface area (Å²) in [4.78, 5) is 2.49.